The van der Waals surface area contributed by atoms with Crippen LogP contribution in [0.25, 0.3) is 21.0 Å². The maximum atomic E-state index is 12.2. The number of nitrogens with zero attached hydrogens (tertiary/aromatic N) is 1. The first-order valence-corrected chi connectivity index (χ1v) is 7.58. The molecule has 6 heteroatoms. The Hall–Kier alpha value is -2.11. The van der Waals surface area contributed by atoms with Crippen molar-refractivity contribution in [2.45, 2.75) is 0 Å². The van der Waals surface area contributed by atoms with Crippen molar-refractivity contribution in [3.8, 4) is 0 Å². The molecule has 0 atom stereocenters. The second-order valence-electron chi connectivity index (χ2n) is 4.86. The number of amides is 1. The van der Waals surface area contributed by atoms with Crippen molar-refractivity contribution in [1.82, 2.24) is 10.3 Å². The molecule has 3 aromatic rings. The van der Waals surface area contributed by atoms with Gasteiger partial charge in [-0.15, -0.1) is 11.3 Å². The highest BCUT2D eigenvalue weighted by molar-refractivity contribution is 7.21. The standard InChI is InChI=1S/C15H10ClN3OS/c1-7-6-17-13-12-8-2-5-11(16)19-9(8)3-4-10(12)21-14(13)15(20)18-7/h2-5,17H,1,6H2,(H,18,20). The third kappa shape index (κ3) is 1.89. The van der Waals surface area contributed by atoms with Gasteiger partial charge in [0.15, 0.2) is 0 Å². The fraction of sp³-hybridized carbons (Fsp3) is 0.0667. The molecule has 0 spiro atoms. The zero-order valence-electron chi connectivity index (χ0n) is 10.9. The lowest BCUT2D eigenvalue weighted by Crippen LogP contribution is -2.21. The van der Waals surface area contributed by atoms with Crippen LogP contribution in [0.1, 0.15) is 9.67 Å². The van der Waals surface area contributed by atoms with Gasteiger partial charge >= 0.3 is 0 Å². The Balaban J connectivity index is 2.10. The zero-order chi connectivity index (χ0) is 14.6. The highest BCUT2D eigenvalue weighted by atomic mass is 35.5. The molecule has 3 heterocycles. The van der Waals surface area contributed by atoms with Crippen LogP contribution >= 0.6 is 22.9 Å². The van der Waals surface area contributed by atoms with Crippen LogP contribution in [0.4, 0.5) is 5.69 Å². The Morgan fingerprint density at radius 2 is 2.14 bits per heavy atom. The summed E-state index contributed by atoms with van der Waals surface area (Å²) in [6, 6.07) is 7.61. The molecule has 0 fully saturated rings. The molecule has 1 aliphatic rings. The Morgan fingerprint density at radius 3 is 3.00 bits per heavy atom. The summed E-state index contributed by atoms with van der Waals surface area (Å²) in [4.78, 5) is 17.2. The number of benzene rings is 1. The van der Waals surface area contributed by atoms with Gasteiger partial charge in [-0.05, 0) is 24.3 Å². The molecule has 2 aromatic heterocycles. The fourth-order valence-corrected chi connectivity index (χ4v) is 3.81. The highest BCUT2D eigenvalue weighted by Gasteiger charge is 2.23. The lowest BCUT2D eigenvalue weighted by molar-refractivity contribution is 0.0972. The van der Waals surface area contributed by atoms with E-state index in [4.69, 9.17) is 11.6 Å². The van der Waals surface area contributed by atoms with Crippen LogP contribution in [0.2, 0.25) is 5.15 Å². The van der Waals surface area contributed by atoms with E-state index in [9.17, 15) is 4.79 Å². The van der Waals surface area contributed by atoms with E-state index in [1.165, 1.54) is 11.3 Å². The van der Waals surface area contributed by atoms with Gasteiger partial charge in [-0.2, -0.15) is 0 Å². The SMILES string of the molecule is C=C1CNc2c(sc3ccc4nc(Cl)ccc4c23)C(=O)N1. The van der Waals surface area contributed by atoms with Gasteiger partial charge in [0.05, 0.1) is 17.7 Å². The summed E-state index contributed by atoms with van der Waals surface area (Å²) >= 11 is 7.42. The van der Waals surface area contributed by atoms with Crippen molar-refractivity contribution in [2.75, 3.05) is 11.9 Å². The smallest absolute Gasteiger partial charge is 0.267 e. The molecule has 0 saturated heterocycles. The van der Waals surface area contributed by atoms with Crippen molar-refractivity contribution in [3.05, 3.63) is 46.6 Å². The molecule has 1 aromatic carbocycles. The van der Waals surface area contributed by atoms with E-state index in [-0.39, 0.29) is 5.91 Å². The molecule has 1 aliphatic heterocycles. The van der Waals surface area contributed by atoms with Crippen molar-refractivity contribution < 1.29 is 4.79 Å². The van der Waals surface area contributed by atoms with Gasteiger partial charge < -0.3 is 10.6 Å². The van der Waals surface area contributed by atoms with Gasteiger partial charge in [0.2, 0.25) is 0 Å². The van der Waals surface area contributed by atoms with E-state index in [1.807, 2.05) is 18.2 Å². The minimum Gasteiger partial charge on any atom is -0.378 e. The van der Waals surface area contributed by atoms with Gasteiger partial charge in [-0.3, -0.25) is 4.79 Å². The minimum absolute atomic E-state index is 0.115. The summed E-state index contributed by atoms with van der Waals surface area (Å²) in [5.41, 5.74) is 2.33. The van der Waals surface area contributed by atoms with Gasteiger partial charge in [0, 0.05) is 21.2 Å². The van der Waals surface area contributed by atoms with E-state index < -0.39 is 0 Å². The molecule has 0 saturated carbocycles. The number of hydrogen-bond acceptors (Lipinski definition) is 4. The quantitative estimate of drug-likeness (QED) is 0.621. The number of rotatable bonds is 0. The first kappa shape index (κ1) is 12.6. The summed E-state index contributed by atoms with van der Waals surface area (Å²) < 4.78 is 1.05. The van der Waals surface area contributed by atoms with E-state index in [1.54, 1.807) is 6.07 Å². The van der Waals surface area contributed by atoms with Crippen molar-refractivity contribution in [2.24, 2.45) is 0 Å². The predicted octanol–water partition coefficient (Wildman–Crippen LogP) is 3.77. The van der Waals surface area contributed by atoms with E-state index in [0.29, 0.717) is 22.3 Å². The number of nitrogens with one attached hydrogen (secondary N) is 2. The van der Waals surface area contributed by atoms with E-state index in [2.05, 4.69) is 22.2 Å². The van der Waals surface area contributed by atoms with Gasteiger partial charge in [-0.1, -0.05) is 18.2 Å². The van der Waals surface area contributed by atoms with Gasteiger partial charge in [-0.25, -0.2) is 4.98 Å². The number of hydrogen-bond donors (Lipinski definition) is 2. The third-order valence-electron chi connectivity index (χ3n) is 3.46. The molecule has 1 amide bonds. The summed E-state index contributed by atoms with van der Waals surface area (Å²) in [7, 11) is 0. The topological polar surface area (TPSA) is 54.0 Å². The molecule has 2 N–H and O–H groups in total. The van der Waals surface area contributed by atoms with Crippen molar-refractivity contribution in [3.63, 3.8) is 0 Å². The average molecular weight is 316 g/mol. The largest absolute Gasteiger partial charge is 0.378 e. The highest BCUT2D eigenvalue weighted by Crippen LogP contribution is 2.41. The summed E-state index contributed by atoms with van der Waals surface area (Å²) in [5.74, 6) is -0.115. The molecule has 104 valence electrons. The molecule has 21 heavy (non-hydrogen) atoms. The van der Waals surface area contributed by atoms with Crippen LogP contribution in [0.5, 0.6) is 0 Å². The normalized spacial score (nSPS) is 14.7. The Kier molecular flexibility index (Phi) is 2.67. The zero-order valence-corrected chi connectivity index (χ0v) is 12.4. The lowest BCUT2D eigenvalue weighted by Gasteiger charge is -2.06. The number of aromatic nitrogens is 1. The van der Waals surface area contributed by atoms with Crippen LogP contribution in [-0.4, -0.2) is 17.4 Å². The Bertz CT molecular complexity index is 931. The van der Waals surface area contributed by atoms with Crippen molar-refractivity contribution in [1.29, 1.82) is 0 Å². The molecule has 0 unspecified atom stereocenters. The van der Waals surface area contributed by atoms with E-state index in [0.717, 1.165) is 26.7 Å². The molecule has 4 nitrogen and oxygen atoms in total. The fourth-order valence-electron chi connectivity index (χ4n) is 2.56. The van der Waals surface area contributed by atoms with Crippen LogP contribution in [0.3, 0.4) is 0 Å². The maximum absolute atomic E-state index is 12.2. The Morgan fingerprint density at radius 1 is 1.29 bits per heavy atom. The average Bonchev–Trinajstić information content (AvgIpc) is 2.77. The van der Waals surface area contributed by atoms with Gasteiger partial charge in [0.25, 0.3) is 5.91 Å². The first-order valence-electron chi connectivity index (χ1n) is 6.38. The number of carbonyl (C=O) groups excluding carboxylic acids is 1. The summed E-state index contributed by atoms with van der Waals surface area (Å²) in [6.07, 6.45) is 0. The number of carbonyl (C=O) groups is 1. The number of halogens is 1. The predicted molar refractivity (Wildman–Crippen MR) is 87.2 cm³/mol. The Labute approximate surface area is 129 Å². The summed E-state index contributed by atoms with van der Waals surface area (Å²) in [6.45, 7) is 4.34. The second kappa shape index (κ2) is 4.44. The third-order valence-corrected chi connectivity index (χ3v) is 4.83. The summed E-state index contributed by atoms with van der Waals surface area (Å²) in [5, 5.41) is 8.56. The molecule has 0 radical (unpaired) electrons. The number of anilines is 1. The first-order chi connectivity index (χ1) is 10.1. The molecule has 0 aliphatic carbocycles. The van der Waals surface area contributed by atoms with Crippen LogP contribution in [-0.2, 0) is 0 Å². The second-order valence-corrected chi connectivity index (χ2v) is 6.30. The molecular formula is C15H10ClN3OS. The molecule has 0 bridgehead atoms. The number of thiophene rings is 1. The van der Waals surface area contributed by atoms with Gasteiger partial charge in [0.1, 0.15) is 10.0 Å². The number of pyridine rings is 1. The minimum atomic E-state index is -0.115. The molecular weight excluding hydrogens is 306 g/mol. The monoisotopic (exact) mass is 315 g/mol. The van der Waals surface area contributed by atoms with Crippen molar-refractivity contribution >= 4 is 55.5 Å². The van der Waals surface area contributed by atoms with Crippen LogP contribution in [0.15, 0.2) is 36.5 Å². The van der Waals surface area contributed by atoms with Crippen LogP contribution in [0, 0.1) is 0 Å². The maximum Gasteiger partial charge on any atom is 0.267 e. The molecule has 4 rings (SSSR count). The van der Waals surface area contributed by atoms with E-state index >= 15 is 0 Å². The lowest BCUT2D eigenvalue weighted by atomic mass is 10.1. The van der Waals surface area contributed by atoms with Crippen LogP contribution < -0.4 is 10.6 Å². The number of fused-ring (bicyclic) bond motifs is 5.